The molecule has 0 heterocycles. The molecule has 0 spiro atoms. The van der Waals surface area contributed by atoms with Crippen LogP contribution in [0, 0.1) is 0 Å². The van der Waals surface area contributed by atoms with Gasteiger partial charge in [-0.25, -0.2) is 0 Å². The summed E-state index contributed by atoms with van der Waals surface area (Å²) in [5, 5.41) is 0. The fourth-order valence-corrected chi connectivity index (χ4v) is 1.80. The summed E-state index contributed by atoms with van der Waals surface area (Å²) in [6.07, 6.45) is 2.86. The molecule has 0 saturated heterocycles. The van der Waals surface area contributed by atoms with E-state index in [9.17, 15) is 0 Å². The van der Waals surface area contributed by atoms with Gasteiger partial charge in [0.15, 0.2) is 0 Å². The van der Waals surface area contributed by atoms with Crippen LogP contribution in [-0.4, -0.2) is 6.10 Å². The van der Waals surface area contributed by atoms with Crippen LogP contribution in [0.1, 0.15) is 43.7 Å². The minimum absolute atomic E-state index is 0.227. The van der Waals surface area contributed by atoms with Crippen molar-refractivity contribution in [2.45, 2.75) is 45.3 Å². The van der Waals surface area contributed by atoms with Gasteiger partial charge in [0.25, 0.3) is 0 Å². The highest BCUT2D eigenvalue weighted by molar-refractivity contribution is 5.38. The average molecular weight is 205 g/mol. The van der Waals surface area contributed by atoms with Gasteiger partial charge in [-0.05, 0) is 55.9 Å². The number of hydrogen-bond acceptors (Lipinski definition) is 2. The Bertz CT molecular complexity index is 342. The van der Waals surface area contributed by atoms with Gasteiger partial charge in [0.1, 0.15) is 5.75 Å². The fraction of sp³-hybridized carbons (Fsp3) is 0.538. The normalized spacial score (nSPS) is 15.7. The van der Waals surface area contributed by atoms with E-state index >= 15 is 0 Å². The van der Waals surface area contributed by atoms with E-state index in [2.05, 4.69) is 12.1 Å². The first-order chi connectivity index (χ1) is 7.19. The van der Waals surface area contributed by atoms with Crippen LogP contribution in [-0.2, 0) is 6.54 Å². The molecular formula is C13H19NO. The van der Waals surface area contributed by atoms with Crippen molar-refractivity contribution in [2.24, 2.45) is 5.73 Å². The van der Waals surface area contributed by atoms with Gasteiger partial charge in [-0.1, -0.05) is 6.07 Å². The highest BCUT2D eigenvalue weighted by atomic mass is 16.5. The van der Waals surface area contributed by atoms with E-state index in [1.165, 1.54) is 24.0 Å². The first kappa shape index (κ1) is 10.5. The molecule has 0 amide bonds. The molecule has 2 heteroatoms. The second-order valence-electron chi connectivity index (χ2n) is 4.56. The molecule has 0 unspecified atom stereocenters. The molecule has 2 nitrogen and oxygen atoms in total. The largest absolute Gasteiger partial charge is 0.491 e. The summed E-state index contributed by atoms with van der Waals surface area (Å²) in [5.41, 5.74) is 8.26. The van der Waals surface area contributed by atoms with Gasteiger partial charge in [-0.2, -0.15) is 0 Å². The van der Waals surface area contributed by atoms with Gasteiger partial charge in [-0.15, -0.1) is 0 Å². The average Bonchev–Trinajstić information content (AvgIpc) is 2.99. The first-order valence-electron chi connectivity index (χ1n) is 5.69. The van der Waals surface area contributed by atoms with Gasteiger partial charge in [0, 0.05) is 6.54 Å². The Labute approximate surface area is 91.4 Å². The highest BCUT2D eigenvalue weighted by Crippen LogP contribution is 2.41. The van der Waals surface area contributed by atoms with Gasteiger partial charge in [-0.3, -0.25) is 0 Å². The highest BCUT2D eigenvalue weighted by Gasteiger charge is 2.24. The topological polar surface area (TPSA) is 35.2 Å². The van der Waals surface area contributed by atoms with Crippen molar-refractivity contribution in [3.63, 3.8) is 0 Å². The molecular weight excluding hydrogens is 186 g/mol. The monoisotopic (exact) mass is 205 g/mol. The molecule has 0 aromatic heterocycles. The summed E-state index contributed by atoms with van der Waals surface area (Å²) in [6.45, 7) is 4.69. The molecule has 15 heavy (non-hydrogen) atoms. The van der Waals surface area contributed by atoms with Crippen molar-refractivity contribution < 1.29 is 4.74 Å². The lowest BCUT2D eigenvalue weighted by molar-refractivity contribution is 0.242. The molecule has 2 N–H and O–H groups in total. The Hall–Kier alpha value is -1.02. The van der Waals surface area contributed by atoms with Crippen LogP contribution < -0.4 is 10.5 Å². The third kappa shape index (κ3) is 2.72. The molecule has 0 aliphatic heterocycles. The lowest BCUT2D eigenvalue weighted by Gasteiger charge is -2.12. The van der Waals surface area contributed by atoms with Gasteiger partial charge in [0.2, 0.25) is 0 Å². The van der Waals surface area contributed by atoms with Crippen molar-refractivity contribution in [3.05, 3.63) is 29.3 Å². The van der Waals surface area contributed by atoms with E-state index in [1.54, 1.807) is 0 Å². The molecule has 82 valence electrons. The lowest BCUT2D eigenvalue weighted by atomic mass is 10.1. The second-order valence-corrected chi connectivity index (χ2v) is 4.56. The lowest BCUT2D eigenvalue weighted by Crippen LogP contribution is -2.07. The summed E-state index contributed by atoms with van der Waals surface area (Å²) in [5.74, 6) is 1.72. The molecule has 0 radical (unpaired) electrons. The predicted molar refractivity (Wildman–Crippen MR) is 62.1 cm³/mol. The minimum Gasteiger partial charge on any atom is -0.491 e. The molecule has 0 atom stereocenters. The van der Waals surface area contributed by atoms with Crippen LogP contribution >= 0.6 is 0 Å². The second kappa shape index (κ2) is 4.23. The Morgan fingerprint density at radius 2 is 2.07 bits per heavy atom. The van der Waals surface area contributed by atoms with Crippen molar-refractivity contribution in [1.29, 1.82) is 0 Å². The summed E-state index contributed by atoms with van der Waals surface area (Å²) >= 11 is 0. The number of benzene rings is 1. The summed E-state index contributed by atoms with van der Waals surface area (Å²) in [6, 6.07) is 6.42. The Kier molecular flexibility index (Phi) is 2.96. The van der Waals surface area contributed by atoms with Crippen LogP contribution in [0.4, 0.5) is 0 Å². The zero-order valence-electron chi connectivity index (χ0n) is 9.49. The van der Waals surface area contributed by atoms with Gasteiger partial charge >= 0.3 is 0 Å². The summed E-state index contributed by atoms with van der Waals surface area (Å²) in [7, 11) is 0. The number of ether oxygens (including phenoxy) is 1. The van der Waals surface area contributed by atoms with Crippen molar-refractivity contribution in [2.75, 3.05) is 0 Å². The van der Waals surface area contributed by atoms with Crippen LogP contribution in [0.25, 0.3) is 0 Å². The maximum absolute atomic E-state index is 5.72. The Morgan fingerprint density at radius 1 is 1.33 bits per heavy atom. The van der Waals surface area contributed by atoms with E-state index in [4.69, 9.17) is 10.5 Å². The van der Waals surface area contributed by atoms with Crippen LogP contribution in [0.5, 0.6) is 5.75 Å². The molecule has 1 saturated carbocycles. The standard InChI is InChI=1S/C13H19NO/c1-9(2)15-13-6-10(8-14)5-12(7-13)11-3-4-11/h5-7,9,11H,3-4,8,14H2,1-2H3. The van der Waals surface area contributed by atoms with E-state index < -0.39 is 0 Å². The van der Waals surface area contributed by atoms with Crippen LogP contribution in [0.15, 0.2) is 18.2 Å². The summed E-state index contributed by atoms with van der Waals surface area (Å²) in [4.78, 5) is 0. The van der Waals surface area contributed by atoms with Crippen LogP contribution in [0.3, 0.4) is 0 Å². The quantitative estimate of drug-likeness (QED) is 0.820. The maximum Gasteiger partial charge on any atom is 0.120 e. The van der Waals surface area contributed by atoms with Crippen molar-refractivity contribution >= 4 is 0 Å². The van der Waals surface area contributed by atoms with Crippen molar-refractivity contribution in [3.8, 4) is 5.75 Å². The third-order valence-corrected chi connectivity index (χ3v) is 2.64. The van der Waals surface area contributed by atoms with Crippen LogP contribution in [0.2, 0.25) is 0 Å². The number of nitrogens with two attached hydrogens (primary N) is 1. The van der Waals surface area contributed by atoms with E-state index in [0.717, 1.165) is 11.7 Å². The summed E-state index contributed by atoms with van der Waals surface area (Å²) < 4.78 is 5.72. The van der Waals surface area contributed by atoms with Gasteiger partial charge < -0.3 is 10.5 Å². The number of hydrogen-bond donors (Lipinski definition) is 1. The molecule has 0 bridgehead atoms. The molecule has 1 aliphatic rings. The first-order valence-corrected chi connectivity index (χ1v) is 5.69. The Morgan fingerprint density at radius 3 is 2.60 bits per heavy atom. The molecule has 1 aromatic carbocycles. The zero-order valence-corrected chi connectivity index (χ0v) is 9.49. The van der Waals surface area contributed by atoms with Gasteiger partial charge in [0.05, 0.1) is 6.10 Å². The smallest absolute Gasteiger partial charge is 0.120 e. The van der Waals surface area contributed by atoms with E-state index in [-0.39, 0.29) is 6.10 Å². The van der Waals surface area contributed by atoms with E-state index in [0.29, 0.717) is 6.54 Å². The molecule has 2 rings (SSSR count). The molecule has 1 aliphatic carbocycles. The fourth-order valence-electron chi connectivity index (χ4n) is 1.80. The van der Waals surface area contributed by atoms with E-state index in [1.807, 2.05) is 19.9 Å². The van der Waals surface area contributed by atoms with Crippen molar-refractivity contribution in [1.82, 2.24) is 0 Å². The SMILES string of the molecule is CC(C)Oc1cc(CN)cc(C2CC2)c1. The third-order valence-electron chi connectivity index (χ3n) is 2.64. The Balaban J connectivity index is 2.24. The zero-order chi connectivity index (χ0) is 10.8. The molecule has 1 aromatic rings. The predicted octanol–water partition coefficient (Wildman–Crippen LogP) is 2.81. The minimum atomic E-state index is 0.227. The molecule has 1 fully saturated rings. The maximum atomic E-state index is 5.72. The number of rotatable bonds is 4.